The fraction of sp³-hybridized carbons (Fsp3) is 0.727. The molecule has 1 aliphatic carbocycles. The molecule has 0 saturated carbocycles. The van der Waals surface area contributed by atoms with Gasteiger partial charge in [-0.2, -0.15) is 0 Å². The number of amides is 1. The van der Waals surface area contributed by atoms with E-state index in [4.69, 9.17) is 0 Å². The Labute approximate surface area is 86.0 Å². The van der Waals surface area contributed by atoms with E-state index in [0.717, 1.165) is 25.9 Å². The minimum absolute atomic E-state index is 0.161. The number of nitrogens with one attached hydrogen (secondary N) is 2. The summed E-state index contributed by atoms with van der Waals surface area (Å²) in [5.41, 5.74) is 1.32. The fourth-order valence-electron chi connectivity index (χ4n) is 1.66. The average molecular weight is 196 g/mol. The summed E-state index contributed by atoms with van der Waals surface area (Å²) in [6, 6.07) is 0. The van der Waals surface area contributed by atoms with Crippen molar-refractivity contribution in [3.8, 4) is 0 Å². The van der Waals surface area contributed by atoms with Gasteiger partial charge in [-0.05, 0) is 32.7 Å². The molecule has 1 aliphatic rings. The molecule has 0 unspecified atom stereocenters. The molecule has 80 valence electrons. The first-order chi connectivity index (χ1) is 6.83. The number of likely N-dealkylation sites (N-methyl/N-ethyl adjacent to an activating group) is 1. The van der Waals surface area contributed by atoms with E-state index < -0.39 is 0 Å². The molecule has 0 aromatic heterocycles. The Balaban J connectivity index is 2.15. The second-order valence-electron chi connectivity index (χ2n) is 3.74. The highest BCUT2D eigenvalue weighted by molar-refractivity contribution is 5.78. The molecular formula is C11H20N2O. The van der Waals surface area contributed by atoms with E-state index in [1.54, 1.807) is 0 Å². The van der Waals surface area contributed by atoms with Gasteiger partial charge in [0.15, 0.2) is 0 Å². The molecule has 0 heterocycles. The standard InChI is InChI=1S/C11H20N2O/c1-12-7-8-13-11(14)9-10-5-3-2-4-6-10/h5,12H,2-4,6-9H2,1H3,(H,13,14). The normalized spacial score (nSPS) is 16.2. The molecule has 0 aromatic rings. The number of rotatable bonds is 5. The van der Waals surface area contributed by atoms with Crippen LogP contribution in [0, 0.1) is 0 Å². The largest absolute Gasteiger partial charge is 0.355 e. The Hall–Kier alpha value is -0.830. The van der Waals surface area contributed by atoms with Crippen molar-refractivity contribution < 1.29 is 4.79 Å². The molecule has 14 heavy (non-hydrogen) atoms. The molecule has 0 fully saturated rings. The van der Waals surface area contributed by atoms with Crippen molar-refractivity contribution in [2.45, 2.75) is 32.1 Å². The van der Waals surface area contributed by atoms with Gasteiger partial charge >= 0.3 is 0 Å². The summed E-state index contributed by atoms with van der Waals surface area (Å²) in [7, 11) is 1.88. The van der Waals surface area contributed by atoms with Crippen LogP contribution in [0.3, 0.4) is 0 Å². The summed E-state index contributed by atoms with van der Waals surface area (Å²) in [6.45, 7) is 1.56. The van der Waals surface area contributed by atoms with Crippen LogP contribution in [-0.2, 0) is 4.79 Å². The lowest BCUT2D eigenvalue weighted by Gasteiger charge is -2.12. The minimum atomic E-state index is 0.161. The van der Waals surface area contributed by atoms with Crippen LogP contribution < -0.4 is 10.6 Å². The van der Waals surface area contributed by atoms with Gasteiger partial charge in [0.1, 0.15) is 0 Å². The second kappa shape index (κ2) is 6.60. The van der Waals surface area contributed by atoms with Crippen LogP contribution in [-0.4, -0.2) is 26.0 Å². The minimum Gasteiger partial charge on any atom is -0.355 e. The first kappa shape index (κ1) is 11.2. The van der Waals surface area contributed by atoms with Gasteiger partial charge in [-0.3, -0.25) is 4.79 Å². The molecule has 0 saturated heterocycles. The lowest BCUT2D eigenvalue weighted by atomic mass is 9.97. The molecule has 2 N–H and O–H groups in total. The number of hydrogen-bond donors (Lipinski definition) is 2. The van der Waals surface area contributed by atoms with E-state index >= 15 is 0 Å². The molecule has 3 heteroatoms. The highest BCUT2D eigenvalue weighted by Crippen LogP contribution is 2.19. The van der Waals surface area contributed by atoms with E-state index in [2.05, 4.69) is 16.7 Å². The molecule has 0 radical (unpaired) electrons. The summed E-state index contributed by atoms with van der Waals surface area (Å²) >= 11 is 0. The number of carbonyl (C=O) groups is 1. The molecule has 3 nitrogen and oxygen atoms in total. The van der Waals surface area contributed by atoms with Gasteiger partial charge in [-0.25, -0.2) is 0 Å². The van der Waals surface area contributed by atoms with Crippen LogP contribution in [0.25, 0.3) is 0 Å². The predicted molar refractivity (Wildman–Crippen MR) is 58.1 cm³/mol. The summed E-state index contributed by atoms with van der Waals surface area (Å²) in [6.07, 6.45) is 7.62. The van der Waals surface area contributed by atoms with Crippen LogP contribution in [0.15, 0.2) is 11.6 Å². The van der Waals surface area contributed by atoms with Crippen molar-refractivity contribution in [2.24, 2.45) is 0 Å². The number of carbonyl (C=O) groups excluding carboxylic acids is 1. The average Bonchev–Trinajstić information content (AvgIpc) is 2.20. The quantitative estimate of drug-likeness (QED) is 0.512. The Morgan fingerprint density at radius 1 is 1.43 bits per heavy atom. The van der Waals surface area contributed by atoms with Gasteiger partial charge in [0.05, 0.1) is 0 Å². The van der Waals surface area contributed by atoms with E-state index in [1.807, 2.05) is 7.05 Å². The Bertz CT molecular complexity index is 211. The van der Waals surface area contributed by atoms with Crippen LogP contribution in [0.2, 0.25) is 0 Å². The predicted octanol–water partition coefficient (Wildman–Crippen LogP) is 1.21. The maximum absolute atomic E-state index is 11.4. The molecule has 0 aromatic carbocycles. The van der Waals surface area contributed by atoms with E-state index in [0.29, 0.717) is 6.42 Å². The second-order valence-corrected chi connectivity index (χ2v) is 3.74. The molecule has 0 atom stereocenters. The SMILES string of the molecule is CNCCNC(=O)CC1=CCCCC1. The van der Waals surface area contributed by atoms with Crippen LogP contribution in [0.1, 0.15) is 32.1 Å². The zero-order valence-corrected chi connectivity index (χ0v) is 8.94. The highest BCUT2D eigenvalue weighted by atomic mass is 16.1. The lowest BCUT2D eigenvalue weighted by Crippen LogP contribution is -2.30. The van der Waals surface area contributed by atoms with Gasteiger partial charge in [-0.15, -0.1) is 0 Å². The monoisotopic (exact) mass is 196 g/mol. The van der Waals surface area contributed by atoms with Gasteiger partial charge in [0.2, 0.25) is 5.91 Å². The Morgan fingerprint density at radius 3 is 2.93 bits per heavy atom. The van der Waals surface area contributed by atoms with Gasteiger partial charge < -0.3 is 10.6 Å². The van der Waals surface area contributed by atoms with Crippen molar-refractivity contribution in [3.63, 3.8) is 0 Å². The van der Waals surface area contributed by atoms with Crippen molar-refractivity contribution in [1.29, 1.82) is 0 Å². The van der Waals surface area contributed by atoms with Crippen molar-refractivity contribution in [3.05, 3.63) is 11.6 Å². The lowest BCUT2D eigenvalue weighted by molar-refractivity contribution is -0.120. The first-order valence-electron chi connectivity index (χ1n) is 5.42. The summed E-state index contributed by atoms with van der Waals surface area (Å²) < 4.78 is 0. The zero-order valence-electron chi connectivity index (χ0n) is 8.94. The third-order valence-electron chi connectivity index (χ3n) is 2.47. The maximum Gasteiger partial charge on any atom is 0.224 e. The molecular weight excluding hydrogens is 176 g/mol. The van der Waals surface area contributed by atoms with Gasteiger partial charge in [0, 0.05) is 19.5 Å². The van der Waals surface area contributed by atoms with Crippen molar-refractivity contribution >= 4 is 5.91 Å². The molecule has 1 rings (SSSR count). The number of allylic oxidation sites excluding steroid dienone is 1. The topological polar surface area (TPSA) is 41.1 Å². The van der Waals surface area contributed by atoms with Gasteiger partial charge in [0.25, 0.3) is 0 Å². The van der Waals surface area contributed by atoms with E-state index in [-0.39, 0.29) is 5.91 Å². The summed E-state index contributed by atoms with van der Waals surface area (Å²) in [4.78, 5) is 11.4. The highest BCUT2D eigenvalue weighted by Gasteiger charge is 2.07. The first-order valence-corrected chi connectivity index (χ1v) is 5.42. The van der Waals surface area contributed by atoms with Crippen LogP contribution in [0.4, 0.5) is 0 Å². The Morgan fingerprint density at radius 2 is 2.29 bits per heavy atom. The Kier molecular flexibility index (Phi) is 5.30. The van der Waals surface area contributed by atoms with Crippen molar-refractivity contribution in [2.75, 3.05) is 20.1 Å². The van der Waals surface area contributed by atoms with Crippen LogP contribution >= 0.6 is 0 Å². The molecule has 0 bridgehead atoms. The van der Waals surface area contributed by atoms with E-state index in [1.165, 1.54) is 18.4 Å². The molecule has 0 spiro atoms. The molecule has 1 amide bonds. The third kappa shape index (κ3) is 4.42. The van der Waals surface area contributed by atoms with E-state index in [9.17, 15) is 4.79 Å². The number of hydrogen-bond acceptors (Lipinski definition) is 2. The van der Waals surface area contributed by atoms with Crippen molar-refractivity contribution in [1.82, 2.24) is 10.6 Å². The third-order valence-corrected chi connectivity index (χ3v) is 2.47. The maximum atomic E-state index is 11.4. The zero-order chi connectivity index (χ0) is 10.2. The smallest absolute Gasteiger partial charge is 0.224 e. The summed E-state index contributed by atoms with van der Waals surface area (Å²) in [5.74, 6) is 0.161. The fourth-order valence-corrected chi connectivity index (χ4v) is 1.66. The molecule has 0 aliphatic heterocycles. The van der Waals surface area contributed by atoms with Gasteiger partial charge in [-0.1, -0.05) is 11.6 Å². The summed E-state index contributed by atoms with van der Waals surface area (Å²) in [5, 5.41) is 5.89. The van der Waals surface area contributed by atoms with Crippen LogP contribution in [0.5, 0.6) is 0 Å².